The molecular formula is C12H18N2O3. The van der Waals surface area contributed by atoms with Gasteiger partial charge in [-0.3, -0.25) is 9.69 Å². The normalized spacial score (nSPS) is 22.8. The summed E-state index contributed by atoms with van der Waals surface area (Å²) in [4.78, 5) is 24.8. The van der Waals surface area contributed by atoms with E-state index in [1.807, 2.05) is 0 Å². The molecule has 0 spiro atoms. The van der Waals surface area contributed by atoms with Gasteiger partial charge in [-0.2, -0.15) is 0 Å². The number of rotatable bonds is 4. The first-order valence-corrected chi connectivity index (χ1v) is 5.41. The molecule has 1 heterocycles. The molecule has 1 saturated heterocycles. The van der Waals surface area contributed by atoms with E-state index in [0.717, 1.165) is 5.57 Å². The van der Waals surface area contributed by atoms with Gasteiger partial charge in [0, 0.05) is 0 Å². The van der Waals surface area contributed by atoms with Crippen LogP contribution in [0.4, 0.5) is 0 Å². The van der Waals surface area contributed by atoms with Crippen LogP contribution in [0.1, 0.15) is 20.3 Å². The Morgan fingerprint density at radius 2 is 2.18 bits per heavy atom. The summed E-state index contributed by atoms with van der Waals surface area (Å²) in [7, 11) is 1.29. The van der Waals surface area contributed by atoms with E-state index >= 15 is 0 Å². The van der Waals surface area contributed by atoms with Gasteiger partial charge in [-0.15, -0.1) is 6.58 Å². The van der Waals surface area contributed by atoms with Gasteiger partial charge < -0.3 is 10.5 Å². The van der Waals surface area contributed by atoms with Crippen LogP contribution in [0.5, 0.6) is 0 Å². The van der Waals surface area contributed by atoms with Crippen LogP contribution >= 0.6 is 0 Å². The Kier molecular flexibility index (Phi) is 4.07. The molecule has 1 aliphatic rings. The van der Waals surface area contributed by atoms with Crippen LogP contribution in [0.3, 0.4) is 0 Å². The summed E-state index contributed by atoms with van der Waals surface area (Å²) >= 11 is 0. The third kappa shape index (κ3) is 2.24. The number of carbonyl (C=O) groups is 2. The van der Waals surface area contributed by atoms with E-state index in [-0.39, 0.29) is 17.6 Å². The second-order valence-corrected chi connectivity index (χ2v) is 4.17. The Balaban J connectivity index is 3.04. The molecule has 1 rings (SSSR count). The molecular weight excluding hydrogens is 220 g/mol. The van der Waals surface area contributed by atoms with Crippen molar-refractivity contribution in [1.29, 1.82) is 0 Å². The van der Waals surface area contributed by atoms with Gasteiger partial charge in [0.25, 0.3) is 0 Å². The zero-order valence-electron chi connectivity index (χ0n) is 10.4. The van der Waals surface area contributed by atoms with E-state index in [9.17, 15) is 9.59 Å². The number of ether oxygens (including phenoxy) is 1. The minimum atomic E-state index is -0.563. The van der Waals surface area contributed by atoms with Crippen molar-refractivity contribution >= 4 is 11.9 Å². The van der Waals surface area contributed by atoms with Crippen LogP contribution in [0.25, 0.3) is 0 Å². The number of hydrogen-bond donors (Lipinski definition) is 1. The molecule has 0 bridgehead atoms. The SMILES string of the molecule is C=CCC1C(N)C(=O)N1C(C(=O)OC)=C(C)C. The molecule has 0 aromatic rings. The molecule has 0 aromatic carbocycles. The number of carbonyl (C=O) groups excluding carboxylic acids is 2. The molecule has 2 unspecified atom stereocenters. The molecule has 0 saturated carbocycles. The number of esters is 1. The maximum atomic E-state index is 11.7. The number of methoxy groups -OCH3 is 1. The van der Waals surface area contributed by atoms with Crippen molar-refractivity contribution in [3.63, 3.8) is 0 Å². The second-order valence-electron chi connectivity index (χ2n) is 4.17. The van der Waals surface area contributed by atoms with Crippen molar-refractivity contribution in [2.24, 2.45) is 5.73 Å². The second kappa shape index (κ2) is 5.14. The number of hydrogen-bond acceptors (Lipinski definition) is 4. The van der Waals surface area contributed by atoms with Crippen molar-refractivity contribution in [3.05, 3.63) is 23.9 Å². The molecule has 0 radical (unpaired) electrons. The summed E-state index contributed by atoms with van der Waals surface area (Å²) in [6, 6.07) is -0.768. The molecule has 0 aromatic heterocycles. The highest BCUT2D eigenvalue weighted by atomic mass is 16.5. The third-order valence-corrected chi connectivity index (χ3v) is 2.77. The zero-order valence-corrected chi connectivity index (χ0v) is 10.4. The van der Waals surface area contributed by atoms with Crippen LogP contribution < -0.4 is 5.73 Å². The van der Waals surface area contributed by atoms with Gasteiger partial charge in [0.1, 0.15) is 11.7 Å². The van der Waals surface area contributed by atoms with Gasteiger partial charge in [0.15, 0.2) is 0 Å². The molecule has 2 atom stereocenters. The molecule has 2 N–H and O–H groups in total. The quantitative estimate of drug-likeness (QED) is 0.336. The smallest absolute Gasteiger partial charge is 0.354 e. The number of allylic oxidation sites excluding steroid dienone is 1. The predicted octanol–water partition coefficient (Wildman–Crippen LogP) is 0.567. The molecule has 94 valence electrons. The minimum absolute atomic E-state index is 0.205. The van der Waals surface area contributed by atoms with E-state index in [4.69, 9.17) is 5.73 Å². The average molecular weight is 238 g/mol. The first-order valence-electron chi connectivity index (χ1n) is 5.41. The standard InChI is InChI=1S/C12H18N2O3/c1-5-6-8-9(13)11(15)14(8)10(7(2)3)12(16)17-4/h5,8-9H,1,6,13H2,2-4H3. The lowest BCUT2D eigenvalue weighted by Crippen LogP contribution is -2.68. The number of amides is 1. The molecule has 5 nitrogen and oxygen atoms in total. The maximum absolute atomic E-state index is 11.7. The average Bonchev–Trinajstić information content (AvgIpc) is 2.31. The minimum Gasteiger partial charge on any atom is -0.464 e. The van der Waals surface area contributed by atoms with Crippen LogP contribution in [0.15, 0.2) is 23.9 Å². The summed E-state index contributed by atoms with van der Waals surface area (Å²) in [5.74, 6) is -0.766. The summed E-state index contributed by atoms with van der Waals surface area (Å²) in [5.41, 5.74) is 6.72. The molecule has 17 heavy (non-hydrogen) atoms. The Bertz CT molecular complexity index is 383. The van der Waals surface area contributed by atoms with Crippen molar-refractivity contribution in [2.75, 3.05) is 7.11 Å². The lowest BCUT2D eigenvalue weighted by molar-refractivity contribution is -0.152. The fourth-order valence-corrected chi connectivity index (χ4v) is 1.91. The molecule has 1 aliphatic heterocycles. The largest absolute Gasteiger partial charge is 0.464 e. The Morgan fingerprint density at radius 3 is 2.59 bits per heavy atom. The Labute approximate surface area is 101 Å². The van der Waals surface area contributed by atoms with Crippen molar-refractivity contribution in [3.8, 4) is 0 Å². The first kappa shape index (κ1) is 13.4. The summed E-state index contributed by atoms with van der Waals surface area (Å²) in [5, 5.41) is 0. The van der Waals surface area contributed by atoms with Crippen molar-refractivity contribution < 1.29 is 14.3 Å². The van der Waals surface area contributed by atoms with Gasteiger partial charge in [0.05, 0.1) is 13.2 Å². The Hall–Kier alpha value is -1.62. The fourth-order valence-electron chi connectivity index (χ4n) is 1.91. The van der Waals surface area contributed by atoms with Crippen LogP contribution in [-0.4, -0.2) is 36.0 Å². The number of nitrogens with two attached hydrogens (primary N) is 1. The highest BCUT2D eigenvalue weighted by molar-refractivity contribution is 6.00. The van der Waals surface area contributed by atoms with E-state index in [2.05, 4.69) is 11.3 Å². The number of likely N-dealkylation sites (tertiary alicyclic amines) is 1. The van der Waals surface area contributed by atoms with Gasteiger partial charge in [0.2, 0.25) is 5.91 Å². The fraction of sp³-hybridized carbons (Fsp3) is 0.500. The van der Waals surface area contributed by atoms with E-state index in [1.165, 1.54) is 12.0 Å². The highest BCUT2D eigenvalue weighted by Crippen LogP contribution is 2.29. The van der Waals surface area contributed by atoms with E-state index < -0.39 is 12.0 Å². The molecule has 1 amide bonds. The number of β-lactam (4-membered cyclic amide) rings is 1. The number of nitrogens with zero attached hydrogens (tertiary/aromatic N) is 1. The van der Waals surface area contributed by atoms with Gasteiger partial charge in [-0.1, -0.05) is 6.08 Å². The Morgan fingerprint density at radius 1 is 1.59 bits per heavy atom. The van der Waals surface area contributed by atoms with E-state index in [0.29, 0.717) is 6.42 Å². The van der Waals surface area contributed by atoms with Crippen LogP contribution in [0, 0.1) is 0 Å². The molecule has 5 heteroatoms. The molecule has 1 fully saturated rings. The van der Waals surface area contributed by atoms with Gasteiger partial charge in [-0.05, 0) is 25.8 Å². The monoisotopic (exact) mass is 238 g/mol. The third-order valence-electron chi connectivity index (χ3n) is 2.77. The van der Waals surface area contributed by atoms with Crippen LogP contribution in [0.2, 0.25) is 0 Å². The van der Waals surface area contributed by atoms with Crippen molar-refractivity contribution in [2.45, 2.75) is 32.4 Å². The lowest BCUT2D eigenvalue weighted by Gasteiger charge is -2.45. The topological polar surface area (TPSA) is 72.6 Å². The van der Waals surface area contributed by atoms with E-state index in [1.54, 1.807) is 19.9 Å². The van der Waals surface area contributed by atoms with Gasteiger partial charge >= 0.3 is 5.97 Å². The van der Waals surface area contributed by atoms with Gasteiger partial charge in [-0.25, -0.2) is 4.79 Å². The first-order chi connectivity index (χ1) is 7.95. The van der Waals surface area contributed by atoms with Crippen molar-refractivity contribution in [1.82, 2.24) is 4.90 Å². The zero-order chi connectivity index (χ0) is 13.2. The summed E-state index contributed by atoms with van der Waals surface area (Å²) < 4.78 is 4.68. The summed E-state index contributed by atoms with van der Waals surface area (Å²) in [6.45, 7) is 7.14. The maximum Gasteiger partial charge on any atom is 0.354 e. The molecule has 0 aliphatic carbocycles. The summed E-state index contributed by atoms with van der Waals surface area (Å²) in [6.07, 6.45) is 2.24. The highest BCUT2D eigenvalue weighted by Gasteiger charge is 2.47. The predicted molar refractivity (Wildman–Crippen MR) is 63.8 cm³/mol. The lowest BCUT2D eigenvalue weighted by atomic mass is 9.91. The van der Waals surface area contributed by atoms with Crippen LogP contribution in [-0.2, 0) is 14.3 Å².